The number of ether oxygens (including phenoxy) is 1. The van der Waals surface area contributed by atoms with Crippen LogP contribution in [0.2, 0.25) is 0 Å². The van der Waals surface area contributed by atoms with Crippen LogP contribution in [-0.4, -0.2) is 11.7 Å². The van der Waals surface area contributed by atoms with Gasteiger partial charge >= 0.3 is 0 Å². The summed E-state index contributed by atoms with van der Waals surface area (Å²) in [5, 5.41) is 12.0. The van der Waals surface area contributed by atoms with E-state index in [0.29, 0.717) is 34.3 Å². The zero-order valence-electron chi connectivity index (χ0n) is 14.6. The molecule has 0 aromatic heterocycles. The number of nitrogens with one attached hydrogen (secondary N) is 1. The first kappa shape index (κ1) is 18.6. The Bertz CT molecular complexity index is 952. The van der Waals surface area contributed by atoms with Crippen LogP contribution in [0.3, 0.4) is 0 Å². The molecule has 0 atom stereocenters. The highest BCUT2D eigenvalue weighted by atomic mass is 32.2. The molecule has 134 valence electrons. The Morgan fingerprint density at radius 1 is 0.963 bits per heavy atom. The van der Waals surface area contributed by atoms with Crippen molar-refractivity contribution >= 4 is 23.4 Å². The van der Waals surface area contributed by atoms with Crippen LogP contribution in [0, 0.1) is 11.3 Å². The topological polar surface area (TPSA) is 62.1 Å². The number of anilines is 1. The lowest BCUT2D eigenvalue weighted by Crippen LogP contribution is -2.14. The molecule has 0 aliphatic rings. The lowest BCUT2D eigenvalue weighted by molar-refractivity contribution is -0.113. The Hall–Kier alpha value is -3.23. The molecule has 0 saturated heterocycles. The van der Waals surface area contributed by atoms with Crippen molar-refractivity contribution in [3.63, 3.8) is 0 Å². The molecule has 0 spiro atoms. The lowest BCUT2D eigenvalue weighted by atomic mass is 10.1. The van der Waals surface area contributed by atoms with Crippen LogP contribution in [0.25, 0.3) is 0 Å². The van der Waals surface area contributed by atoms with E-state index in [0.717, 1.165) is 5.56 Å². The van der Waals surface area contributed by atoms with Crippen LogP contribution >= 0.6 is 11.8 Å². The molecule has 0 heterocycles. The maximum Gasteiger partial charge on any atom is 0.234 e. The lowest BCUT2D eigenvalue weighted by Gasteiger charge is -2.12. The van der Waals surface area contributed by atoms with Gasteiger partial charge in [-0.1, -0.05) is 48.5 Å². The SMILES string of the molecule is N#Cc1ccccc1CSCC(=O)Nc1ccccc1Oc1ccccc1. The third-order valence-electron chi connectivity index (χ3n) is 3.76. The largest absolute Gasteiger partial charge is 0.455 e. The van der Waals surface area contributed by atoms with Gasteiger partial charge in [0.15, 0.2) is 5.75 Å². The van der Waals surface area contributed by atoms with E-state index >= 15 is 0 Å². The molecule has 0 bridgehead atoms. The number of nitrogens with zero attached hydrogens (tertiary/aromatic N) is 1. The van der Waals surface area contributed by atoms with Gasteiger partial charge in [0, 0.05) is 5.75 Å². The van der Waals surface area contributed by atoms with Crippen molar-refractivity contribution in [2.45, 2.75) is 5.75 Å². The molecule has 3 rings (SSSR count). The number of benzene rings is 3. The van der Waals surface area contributed by atoms with Gasteiger partial charge in [0.25, 0.3) is 0 Å². The van der Waals surface area contributed by atoms with Crippen LogP contribution < -0.4 is 10.1 Å². The van der Waals surface area contributed by atoms with Crippen LogP contribution in [0.15, 0.2) is 78.9 Å². The van der Waals surface area contributed by atoms with Crippen molar-refractivity contribution in [1.82, 2.24) is 0 Å². The molecule has 3 aromatic carbocycles. The van der Waals surface area contributed by atoms with Crippen LogP contribution in [0.1, 0.15) is 11.1 Å². The molecular formula is C22H18N2O2S. The van der Waals surface area contributed by atoms with Crippen LogP contribution in [0.5, 0.6) is 11.5 Å². The Kier molecular flexibility index (Phi) is 6.50. The summed E-state index contributed by atoms with van der Waals surface area (Å²) in [6, 6.07) is 26.4. The summed E-state index contributed by atoms with van der Waals surface area (Å²) < 4.78 is 5.86. The van der Waals surface area contributed by atoms with Crippen molar-refractivity contribution in [3.05, 3.63) is 90.0 Å². The summed E-state index contributed by atoms with van der Waals surface area (Å²) in [6.45, 7) is 0. The van der Waals surface area contributed by atoms with E-state index in [4.69, 9.17) is 10.00 Å². The first-order valence-corrected chi connectivity index (χ1v) is 9.59. The zero-order valence-corrected chi connectivity index (χ0v) is 15.4. The molecule has 0 aliphatic heterocycles. The Labute approximate surface area is 162 Å². The van der Waals surface area contributed by atoms with E-state index < -0.39 is 0 Å². The van der Waals surface area contributed by atoms with Crippen molar-refractivity contribution < 1.29 is 9.53 Å². The van der Waals surface area contributed by atoms with Gasteiger partial charge in [-0.2, -0.15) is 5.26 Å². The first-order valence-electron chi connectivity index (χ1n) is 8.44. The Morgan fingerprint density at radius 2 is 1.67 bits per heavy atom. The minimum Gasteiger partial charge on any atom is -0.455 e. The molecule has 27 heavy (non-hydrogen) atoms. The normalized spacial score (nSPS) is 10.0. The number of amides is 1. The number of para-hydroxylation sites is 3. The second-order valence-corrected chi connectivity index (χ2v) is 6.71. The molecule has 0 aliphatic carbocycles. The summed E-state index contributed by atoms with van der Waals surface area (Å²) >= 11 is 1.47. The minimum atomic E-state index is -0.112. The van der Waals surface area contributed by atoms with Crippen molar-refractivity contribution in [2.24, 2.45) is 0 Å². The smallest absolute Gasteiger partial charge is 0.234 e. The number of nitriles is 1. The van der Waals surface area contributed by atoms with Gasteiger partial charge in [-0.3, -0.25) is 4.79 Å². The van der Waals surface area contributed by atoms with Gasteiger partial charge in [0.2, 0.25) is 5.91 Å². The molecule has 0 fully saturated rings. The average molecular weight is 374 g/mol. The van der Waals surface area contributed by atoms with Gasteiger partial charge in [-0.15, -0.1) is 11.8 Å². The van der Waals surface area contributed by atoms with E-state index in [2.05, 4.69) is 11.4 Å². The van der Waals surface area contributed by atoms with E-state index in [1.54, 1.807) is 6.07 Å². The van der Waals surface area contributed by atoms with Gasteiger partial charge in [-0.05, 0) is 35.9 Å². The summed E-state index contributed by atoms with van der Waals surface area (Å²) in [5.74, 6) is 2.09. The standard InChI is InChI=1S/C22H18N2O2S/c23-14-17-8-4-5-9-18(17)15-27-16-22(25)24-20-12-6-7-13-21(20)26-19-10-2-1-3-11-19/h1-13H,15-16H2,(H,24,25). The third-order valence-corrected chi connectivity index (χ3v) is 4.74. The van der Waals surface area contributed by atoms with Gasteiger partial charge in [0.1, 0.15) is 5.75 Å². The van der Waals surface area contributed by atoms with Crippen LogP contribution in [-0.2, 0) is 10.5 Å². The number of thioether (sulfide) groups is 1. The second kappa shape index (κ2) is 9.46. The maximum atomic E-state index is 12.3. The first-order chi connectivity index (χ1) is 13.3. The molecule has 3 aromatic rings. The Balaban J connectivity index is 1.57. The van der Waals surface area contributed by atoms with Gasteiger partial charge < -0.3 is 10.1 Å². The number of hydrogen-bond acceptors (Lipinski definition) is 4. The fourth-order valence-corrected chi connectivity index (χ4v) is 3.30. The van der Waals surface area contributed by atoms with Crippen molar-refractivity contribution in [2.75, 3.05) is 11.1 Å². The van der Waals surface area contributed by atoms with E-state index in [1.807, 2.05) is 72.8 Å². The minimum absolute atomic E-state index is 0.112. The van der Waals surface area contributed by atoms with Crippen molar-refractivity contribution in [1.29, 1.82) is 5.26 Å². The highest BCUT2D eigenvalue weighted by molar-refractivity contribution is 7.99. The zero-order chi connectivity index (χ0) is 18.9. The fraction of sp³-hybridized carbons (Fsp3) is 0.0909. The van der Waals surface area contributed by atoms with E-state index in [9.17, 15) is 4.79 Å². The quantitative estimate of drug-likeness (QED) is 0.616. The summed E-state index contributed by atoms with van der Waals surface area (Å²) in [7, 11) is 0. The number of carbonyl (C=O) groups is 1. The highest BCUT2D eigenvalue weighted by Gasteiger charge is 2.09. The molecule has 0 radical (unpaired) electrons. The van der Waals surface area contributed by atoms with E-state index in [1.165, 1.54) is 11.8 Å². The third kappa shape index (κ3) is 5.37. The van der Waals surface area contributed by atoms with Crippen LogP contribution in [0.4, 0.5) is 5.69 Å². The predicted octanol–water partition coefficient (Wildman–Crippen LogP) is 5.22. The summed E-state index contributed by atoms with van der Waals surface area (Å²) in [4.78, 5) is 12.3. The molecule has 0 unspecified atom stereocenters. The highest BCUT2D eigenvalue weighted by Crippen LogP contribution is 2.29. The number of rotatable bonds is 7. The second-order valence-electron chi connectivity index (χ2n) is 5.72. The van der Waals surface area contributed by atoms with Gasteiger partial charge in [-0.25, -0.2) is 0 Å². The Morgan fingerprint density at radius 3 is 2.48 bits per heavy atom. The number of hydrogen-bond donors (Lipinski definition) is 1. The number of carbonyl (C=O) groups excluding carboxylic acids is 1. The van der Waals surface area contributed by atoms with Gasteiger partial charge in [0.05, 0.1) is 23.1 Å². The predicted molar refractivity (Wildman–Crippen MR) is 109 cm³/mol. The molecule has 4 nitrogen and oxygen atoms in total. The fourth-order valence-electron chi connectivity index (χ4n) is 2.47. The summed E-state index contributed by atoms with van der Waals surface area (Å²) in [6.07, 6.45) is 0. The summed E-state index contributed by atoms with van der Waals surface area (Å²) in [5.41, 5.74) is 2.21. The molecule has 1 N–H and O–H groups in total. The average Bonchev–Trinajstić information content (AvgIpc) is 2.70. The molecular weight excluding hydrogens is 356 g/mol. The maximum absolute atomic E-state index is 12.3. The van der Waals surface area contributed by atoms with E-state index in [-0.39, 0.29) is 5.91 Å². The molecule has 1 amide bonds. The molecule has 0 saturated carbocycles. The van der Waals surface area contributed by atoms with Crippen molar-refractivity contribution in [3.8, 4) is 17.6 Å². The monoisotopic (exact) mass is 374 g/mol. The molecule has 5 heteroatoms.